The zero-order valence-corrected chi connectivity index (χ0v) is 8.27. The Balaban J connectivity index is 3.22. The number of para-hydroxylation sites is 1. The molecule has 0 heterocycles. The highest BCUT2D eigenvalue weighted by Gasteiger charge is 2.34. The van der Waals surface area contributed by atoms with Gasteiger partial charge >= 0.3 is 6.18 Å². The topological polar surface area (TPSA) is 35.2 Å². The maximum absolute atomic E-state index is 12.5. The monoisotopic (exact) mass is 219 g/mol. The van der Waals surface area contributed by atoms with Crippen LogP contribution in [0.15, 0.2) is 18.2 Å². The van der Waals surface area contributed by atoms with Crippen LogP contribution in [0.5, 0.6) is 5.75 Å². The average molecular weight is 219 g/mol. The van der Waals surface area contributed by atoms with Gasteiger partial charge in [0.15, 0.2) is 0 Å². The predicted octanol–water partition coefficient (Wildman–Crippen LogP) is 2.22. The fourth-order valence-corrected chi connectivity index (χ4v) is 1.40. The molecule has 0 bridgehead atoms. The quantitative estimate of drug-likeness (QED) is 0.845. The van der Waals surface area contributed by atoms with E-state index in [0.717, 1.165) is 6.07 Å². The Bertz CT molecular complexity index is 336. The summed E-state index contributed by atoms with van der Waals surface area (Å²) in [7, 11) is 1.23. The van der Waals surface area contributed by atoms with Crippen molar-refractivity contribution in [3.63, 3.8) is 0 Å². The molecule has 0 amide bonds. The van der Waals surface area contributed by atoms with E-state index in [1.807, 2.05) is 0 Å². The highest BCUT2D eigenvalue weighted by molar-refractivity contribution is 5.43. The van der Waals surface area contributed by atoms with Gasteiger partial charge in [0, 0.05) is 0 Å². The van der Waals surface area contributed by atoms with E-state index in [1.54, 1.807) is 6.07 Å². The molecule has 2 N–H and O–H groups in total. The fourth-order valence-electron chi connectivity index (χ4n) is 1.40. The molecule has 0 aliphatic rings. The highest BCUT2D eigenvalue weighted by Crippen LogP contribution is 2.37. The van der Waals surface area contributed by atoms with Crippen LogP contribution in [0.25, 0.3) is 0 Å². The molecule has 0 fully saturated rings. The number of ether oxygens (including phenoxy) is 1. The van der Waals surface area contributed by atoms with Crippen molar-refractivity contribution in [3.8, 4) is 5.75 Å². The van der Waals surface area contributed by atoms with Gasteiger partial charge in [0.05, 0.1) is 12.7 Å². The fraction of sp³-hybridized carbons (Fsp3) is 0.400. The first kappa shape index (κ1) is 11.8. The molecule has 0 aliphatic heterocycles. The number of halogens is 3. The van der Waals surface area contributed by atoms with Crippen molar-refractivity contribution in [3.05, 3.63) is 29.3 Å². The molecular formula is C10H12F3NO. The van der Waals surface area contributed by atoms with Crippen LogP contribution in [0.4, 0.5) is 13.2 Å². The Labute approximate surface area is 85.8 Å². The largest absolute Gasteiger partial charge is 0.496 e. The lowest BCUT2D eigenvalue weighted by atomic mass is 10.1. The minimum atomic E-state index is -4.39. The maximum atomic E-state index is 12.5. The summed E-state index contributed by atoms with van der Waals surface area (Å²) < 4.78 is 42.4. The van der Waals surface area contributed by atoms with Crippen molar-refractivity contribution in [2.24, 2.45) is 5.73 Å². The molecule has 15 heavy (non-hydrogen) atoms. The van der Waals surface area contributed by atoms with E-state index in [2.05, 4.69) is 0 Å². The van der Waals surface area contributed by atoms with Crippen LogP contribution in [-0.4, -0.2) is 13.7 Å². The summed E-state index contributed by atoms with van der Waals surface area (Å²) in [5.74, 6) is -0.129. The Morgan fingerprint density at radius 2 is 2.00 bits per heavy atom. The summed E-state index contributed by atoms with van der Waals surface area (Å²) in [5.41, 5.74) is 5.03. The smallest absolute Gasteiger partial charge is 0.419 e. The zero-order chi connectivity index (χ0) is 11.5. The van der Waals surface area contributed by atoms with Gasteiger partial charge in [-0.1, -0.05) is 12.1 Å². The lowest BCUT2D eigenvalue weighted by molar-refractivity contribution is -0.138. The molecule has 0 atom stereocenters. The summed E-state index contributed by atoms with van der Waals surface area (Å²) in [6.07, 6.45) is -4.02. The molecule has 1 rings (SSSR count). The predicted molar refractivity (Wildman–Crippen MR) is 50.8 cm³/mol. The van der Waals surface area contributed by atoms with Crippen LogP contribution >= 0.6 is 0 Å². The summed E-state index contributed by atoms with van der Waals surface area (Å²) in [6, 6.07) is 3.94. The normalized spacial score (nSPS) is 11.5. The van der Waals surface area contributed by atoms with E-state index in [-0.39, 0.29) is 12.3 Å². The molecule has 1 aromatic carbocycles. The first-order valence-electron chi connectivity index (χ1n) is 4.44. The van der Waals surface area contributed by atoms with E-state index in [9.17, 15) is 13.2 Å². The molecule has 2 nitrogen and oxygen atoms in total. The minimum absolute atomic E-state index is 0.129. The van der Waals surface area contributed by atoms with E-state index in [0.29, 0.717) is 12.0 Å². The van der Waals surface area contributed by atoms with E-state index >= 15 is 0 Å². The number of hydrogen-bond donors (Lipinski definition) is 1. The highest BCUT2D eigenvalue weighted by atomic mass is 19.4. The maximum Gasteiger partial charge on any atom is 0.419 e. The van der Waals surface area contributed by atoms with Crippen molar-refractivity contribution >= 4 is 0 Å². The van der Waals surface area contributed by atoms with Crippen LogP contribution in [-0.2, 0) is 12.6 Å². The van der Waals surface area contributed by atoms with E-state index in [4.69, 9.17) is 10.5 Å². The third-order valence-electron chi connectivity index (χ3n) is 2.02. The summed E-state index contributed by atoms with van der Waals surface area (Å²) >= 11 is 0. The molecule has 5 heteroatoms. The Hall–Kier alpha value is -1.23. The number of hydrogen-bond acceptors (Lipinski definition) is 2. The minimum Gasteiger partial charge on any atom is -0.496 e. The Kier molecular flexibility index (Phi) is 3.57. The van der Waals surface area contributed by atoms with Crippen molar-refractivity contribution in [1.29, 1.82) is 0 Å². The lowest BCUT2D eigenvalue weighted by Crippen LogP contribution is -2.11. The van der Waals surface area contributed by atoms with E-state index in [1.165, 1.54) is 13.2 Å². The number of rotatable bonds is 3. The van der Waals surface area contributed by atoms with Gasteiger partial charge in [-0.3, -0.25) is 0 Å². The zero-order valence-electron chi connectivity index (χ0n) is 8.27. The van der Waals surface area contributed by atoms with Gasteiger partial charge in [-0.25, -0.2) is 0 Å². The number of nitrogens with two attached hydrogens (primary N) is 1. The van der Waals surface area contributed by atoms with Gasteiger partial charge < -0.3 is 10.5 Å². The van der Waals surface area contributed by atoms with Gasteiger partial charge in [-0.05, 0) is 24.6 Å². The Morgan fingerprint density at radius 1 is 1.33 bits per heavy atom. The van der Waals surface area contributed by atoms with Gasteiger partial charge in [0.25, 0.3) is 0 Å². The van der Waals surface area contributed by atoms with Crippen LogP contribution in [0, 0.1) is 0 Å². The molecule has 0 unspecified atom stereocenters. The average Bonchev–Trinajstić information content (AvgIpc) is 2.16. The molecule has 0 radical (unpaired) electrons. The van der Waals surface area contributed by atoms with Crippen molar-refractivity contribution in [2.45, 2.75) is 12.6 Å². The Morgan fingerprint density at radius 3 is 2.47 bits per heavy atom. The SMILES string of the molecule is COc1c(CCN)cccc1C(F)(F)F. The summed E-state index contributed by atoms with van der Waals surface area (Å²) in [4.78, 5) is 0. The lowest BCUT2D eigenvalue weighted by Gasteiger charge is -2.15. The first-order chi connectivity index (χ1) is 7.00. The van der Waals surface area contributed by atoms with Crippen LogP contribution in [0.3, 0.4) is 0 Å². The van der Waals surface area contributed by atoms with Gasteiger partial charge in [-0.15, -0.1) is 0 Å². The molecule has 84 valence electrons. The molecule has 1 aromatic rings. The number of benzene rings is 1. The van der Waals surface area contributed by atoms with Crippen molar-refractivity contribution in [1.82, 2.24) is 0 Å². The molecular weight excluding hydrogens is 207 g/mol. The third kappa shape index (κ3) is 2.62. The van der Waals surface area contributed by atoms with Crippen LogP contribution in [0.1, 0.15) is 11.1 Å². The summed E-state index contributed by atoms with van der Waals surface area (Å²) in [6.45, 7) is 0.289. The second-order valence-corrected chi connectivity index (χ2v) is 3.03. The second-order valence-electron chi connectivity index (χ2n) is 3.03. The third-order valence-corrected chi connectivity index (χ3v) is 2.02. The van der Waals surface area contributed by atoms with Gasteiger partial charge in [-0.2, -0.15) is 13.2 Å². The molecule has 0 saturated heterocycles. The molecule has 0 aliphatic carbocycles. The summed E-state index contributed by atoms with van der Waals surface area (Å²) in [5, 5.41) is 0. The van der Waals surface area contributed by atoms with Crippen LogP contribution in [0.2, 0.25) is 0 Å². The standard InChI is InChI=1S/C10H12F3NO/c1-15-9-7(5-6-14)3-2-4-8(9)10(11,12)13/h2-4H,5-6,14H2,1H3. The van der Waals surface area contributed by atoms with Gasteiger partial charge in [0.2, 0.25) is 0 Å². The van der Waals surface area contributed by atoms with Gasteiger partial charge in [0.1, 0.15) is 5.75 Å². The van der Waals surface area contributed by atoms with E-state index < -0.39 is 11.7 Å². The number of methoxy groups -OCH3 is 1. The van der Waals surface area contributed by atoms with Crippen molar-refractivity contribution in [2.75, 3.05) is 13.7 Å². The number of alkyl halides is 3. The molecule has 0 spiro atoms. The second kappa shape index (κ2) is 4.53. The molecule has 0 saturated carbocycles. The van der Waals surface area contributed by atoms with Crippen LogP contribution < -0.4 is 10.5 Å². The van der Waals surface area contributed by atoms with Crippen molar-refractivity contribution < 1.29 is 17.9 Å². The first-order valence-corrected chi connectivity index (χ1v) is 4.44. The molecule has 0 aromatic heterocycles.